The maximum absolute atomic E-state index is 10.9. The molecular formula is C26H42N2O4. The lowest BCUT2D eigenvalue weighted by Gasteiger charge is -2.30. The van der Waals surface area contributed by atoms with Crippen molar-refractivity contribution in [1.29, 1.82) is 0 Å². The highest BCUT2D eigenvalue weighted by atomic mass is 16.4. The Hall–Kier alpha value is -1.92. The van der Waals surface area contributed by atoms with Gasteiger partial charge in [0.05, 0.1) is 12.8 Å². The molecule has 2 fully saturated rings. The van der Waals surface area contributed by atoms with Gasteiger partial charge in [-0.1, -0.05) is 51.1 Å². The summed E-state index contributed by atoms with van der Waals surface area (Å²) >= 11 is 0. The van der Waals surface area contributed by atoms with Gasteiger partial charge in [0.2, 0.25) is 0 Å². The van der Waals surface area contributed by atoms with Crippen molar-refractivity contribution in [1.82, 2.24) is 0 Å². The van der Waals surface area contributed by atoms with Gasteiger partial charge in [0, 0.05) is 0 Å². The monoisotopic (exact) mass is 446 g/mol. The summed E-state index contributed by atoms with van der Waals surface area (Å²) in [5, 5.41) is 17.9. The Morgan fingerprint density at radius 2 is 1.41 bits per heavy atom. The lowest BCUT2D eigenvalue weighted by Crippen LogP contribution is -2.31. The van der Waals surface area contributed by atoms with E-state index in [1.807, 2.05) is 18.2 Å². The molecule has 0 aliphatic heterocycles. The summed E-state index contributed by atoms with van der Waals surface area (Å²) in [6.07, 6.45) is 6.37. The maximum atomic E-state index is 10.9. The molecule has 0 radical (unpaired) electrons. The van der Waals surface area contributed by atoms with E-state index in [4.69, 9.17) is 21.7 Å². The molecule has 2 aliphatic rings. The highest BCUT2D eigenvalue weighted by Gasteiger charge is 2.43. The highest BCUT2D eigenvalue weighted by Crippen LogP contribution is 2.50. The van der Waals surface area contributed by atoms with Gasteiger partial charge in [0.1, 0.15) is 0 Å². The van der Waals surface area contributed by atoms with Crippen LogP contribution >= 0.6 is 0 Å². The van der Waals surface area contributed by atoms with Crippen LogP contribution in [0.5, 0.6) is 0 Å². The Morgan fingerprint density at radius 3 is 1.84 bits per heavy atom. The number of carboxylic acid groups (broad SMARTS) is 2. The van der Waals surface area contributed by atoms with Gasteiger partial charge in [-0.05, 0) is 85.3 Å². The first kappa shape index (κ1) is 26.3. The maximum Gasteiger partial charge on any atom is 0.303 e. The van der Waals surface area contributed by atoms with Gasteiger partial charge in [-0.2, -0.15) is 0 Å². The predicted octanol–water partition coefficient (Wildman–Crippen LogP) is 4.63. The van der Waals surface area contributed by atoms with Crippen molar-refractivity contribution in [2.24, 2.45) is 33.6 Å². The molecule has 0 bridgehead atoms. The minimum atomic E-state index is -0.732. The van der Waals surface area contributed by atoms with Crippen LogP contribution in [0, 0.1) is 22.2 Å². The molecule has 0 aromatic heterocycles. The molecule has 0 spiro atoms. The molecule has 180 valence electrons. The summed E-state index contributed by atoms with van der Waals surface area (Å²) in [4.78, 5) is 21.7. The standard InChI is InChI=1S/C14H19NO2.C12H23NO2/c15-10-14(9-13(16)17)7-6-12(8-14)11-4-2-1-3-5-11;1-11(2,3)9-4-5-12(6-9,8-13)7-10(14)15/h1-5,12H,6-10,15H2,(H,16,17);9H,4-8,13H2,1-3H3,(H,14,15)/t;9-,12+/m.1/s1. The van der Waals surface area contributed by atoms with Gasteiger partial charge >= 0.3 is 11.9 Å². The third-order valence-corrected chi connectivity index (χ3v) is 7.82. The number of rotatable bonds is 7. The fourth-order valence-electron chi connectivity index (χ4n) is 5.64. The van der Waals surface area contributed by atoms with E-state index in [-0.39, 0.29) is 29.1 Å². The molecule has 6 N–H and O–H groups in total. The smallest absolute Gasteiger partial charge is 0.303 e. The summed E-state index contributed by atoms with van der Waals surface area (Å²) in [5.74, 6) is -0.362. The molecule has 2 unspecified atom stereocenters. The van der Waals surface area contributed by atoms with E-state index in [1.165, 1.54) is 5.56 Å². The SMILES string of the molecule is CC(C)(C)[C@@H]1CC[C@@](CN)(CC(=O)O)C1.NCC1(CC(=O)O)CCC(c2ccccc2)C1. The topological polar surface area (TPSA) is 127 Å². The van der Waals surface area contributed by atoms with Crippen molar-refractivity contribution in [3.63, 3.8) is 0 Å². The van der Waals surface area contributed by atoms with Crippen LogP contribution in [-0.2, 0) is 9.59 Å². The Morgan fingerprint density at radius 1 is 0.906 bits per heavy atom. The van der Waals surface area contributed by atoms with E-state index < -0.39 is 11.9 Å². The second-order valence-electron chi connectivity index (χ2n) is 11.2. The van der Waals surface area contributed by atoms with Crippen LogP contribution in [0.4, 0.5) is 0 Å². The van der Waals surface area contributed by atoms with E-state index in [9.17, 15) is 9.59 Å². The summed E-state index contributed by atoms with van der Waals surface area (Å²) in [5.41, 5.74) is 12.8. The lowest BCUT2D eigenvalue weighted by molar-refractivity contribution is -0.140. The van der Waals surface area contributed by atoms with Crippen LogP contribution in [0.2, 0.25) is 0 Å². The van der Waals surface area contributed by atoms with Gasteiger partial charge in [-0.3, -0.25) is 9.59 Å². The second kappa shape index (κ2) is 10.8. The average Bonchev–Trinajstić information content (AvgIpc) is 3.34. The molecule has 0 heterocycles. The van der Waals surface area contributed by atoms with Crippen LogP contribution in [-0.4, -0.2) is 35.2 Å². The van der Waals surface area contributed by atoms with E-state index in [1.54, 1.807) is 0 Å². The lowest BCUT2D eigenvalue weighted by atomic mass is 9.75. The fraction of sp³-hybridized carbons (Fsp3) is 0.692. The number of nitrogens with two attached hydrogens (primary N) is 2. The van der Waals surface area contributed by atoms with Crippen LogP contribution in [0.3, 0.4) is 0 Å². The van der Waals surface area contributed by atoms with Gasteiger partial charge in [-0.25, -0.2) is 0 Å². The zero-order chi connectivity index (χ0) is 24.0. The molecule has 2 aliphatic carbocycles. The van der Waals surface area contributed by atoms with E-state index in [0.717, 1.165) is 38.5 Å². The van der Waals surface area contributed by atoms with Crippen molar-refractivity contribution < 1.29 is 19.8 Å². The molecule has 0 amide bonds. The molecular weight excluding hydrogens is 404 g/mol. The molecule has 2 saturated carbocycles. The number of hydrogen-bond acceptors (Lipinski definition) is 4. The predicted molar refractivity (Wildman–Crippen MR) is 127 cm³/mol. The third kappa shape index (κ3) is 7.04. The van der Waals surface area contributed by atoms with Crippen molar-refractivity contribution in [2.45, 2.75) is 78.1 Å². The number of carbonyl (C=O) groups is 2. The first-order chi connectivity index (χ1) is 14.9. The Bertz CT molecular complexity index is 761. The van der Waals surface area contributed by atoms with E-state index >= 15 is 0 Å². The minimum Gasteiger partial charge on any atom is -0.481 e. The summed E-state index contributed by atoms with van der Waals surface area (Å²) in [6.45, 7) is 7.66. The molecule has 32 heavy (non-hydrogen) atoms. The molecule has 0 saturated heterocycles. The van der Waals surface area contributed by atoms with Gasteiger partial charge in [-0.15, -0.1) is 0 Å². The molecule has 6 heteroatoms. The first-order valence-corrected chi connectivity index (χ1v) is 11.8. The molecule has 4 atom stereocenters. The normalized spacial score (nSPS) is 29.9. The quantitative estimate of drug-likeness (QED) is 0.484. The van der Waals surface area contributed by atoms with Crippen LogP contribution in [0.1, 0.15) is 83.6 Å². The minimum absolute atomic E-state index is 0.135. The summed E-state index contributed by atoms with van der Waals surface area (Å²) in [7, 11) is 0. The Kier molecular flexibility index (Phi) is 8.89. The number of benzene rings is 1. The average molecular weight is 447 g/mol. The Labute approximate surface area is 192 Å². The number of aliphatic carboxylic acids is 2. The highest BCUT2D eigenvalue weighted by molar-refractivity contribution is 5.68. The van der Waals surface area contributed by atoms with Gasteiger partial charge in [0.25, 0.3) is 0 Å². The van der Waals surface area contributed by atoms with Crippen molar-refractivity contribution >= 4 is 11.9 Å². The number of hydrogen-bond donors (Lipinski definition) is 4. The van der Waals surface area contributed by atoms with Crippen molar-refractivity contribution in [2.75, 3.05) is 13.1 Å². The van der Waals surface area contributed by atoms with Crippen molar-refractivity contribution in [3.8, 4) is 0 Å². The molecule has 1 aromatic carbocycles. The number of carboxylic acids is 2. The summed E-state index contributed by atoms with van der Waals surface area (Å²) in [6, 6.07) is 10.3. The zero-order valence-electron chi connectivity index (χ0n) is 20.0. The largest absolute Gasteiger partial charge is 0.481 e. The van der Waals surface area contributed by atoms with Crippen LogP contribution in [0.15, 0.2) is 30.3 Å². The molecule has 6 nitrogen and oxygen atoms in total. The molecule has 3 rings (SSSR count). The third-order valence-electron chi connectivity index (χ3n) is 7.82. The van der Waals surface area contributed by atoms with Gasteiger partial charge < -0.3 is 21.7 Å². The Balaban J connectivity index is 0.000000229. The van der Waals surface area contributed by atoms with Crippen LogP contribution in [0.25, 0.3) is 0 Å². The second-order valence-corrected chi connectivity index (χ2v) is 11.2. The first-order valence-electron chi connectivity index (χ1n) is 11.8. The van der Waals surface area contributed by atoms with Crippen LogP contribution < -0.4 is 11.5 Å². The molecule has 1 aromatic rings. The fourth-order valence-corrected chi connectivity index (χ4v) is 5.64. The van der Waals surface area contributed by atoms with Gasteiger partial charge in [0.15, 0.2) is 0 Å². The van der Waals surface area contributed by atoms with E-state index in [0.29, 0.717) is 24.9 Å². The van der Waals surface area contributed by atoms with E-state index in [2.05, 4.69) is 32.9 Å². The zero-order valence-corrected chi connectivity index (χ0v) is 20.0. The summed E-state index contributed by atoms with van der Waals surface area (Å²) < 4.78 is 0. The van der Waals surface area contributed by atoms with Crippen molar-refractivity contribution in [3.05, 3.63) is 35.9 Å².